The molecular weight excluding hydrogens is 214 g/mol. The fraction of sp³-hybridized carbons (Fsp3) is 0.500. The third kappa shape index (κ3) is 4.57. The van der Waals surface area contributed by atoms with Gasteiger partial charge in [0.15, 0.2) is 0 Å². The minimum absolute atomic E-state index is 0.0584. The average Bonchev–Trinajstić information content (AvgIpc) is 2.22. The van der Waals surface area contributed by atoms with Crippen molar-refractivity contribution < 1.29 is 18.6 Å². The van der Waals surface area contributed by atoms with Gasteiger partial charge in [-0.15, -0.1) is 0 Å². The molecule has 0 heterocycles. The fourth-order valence-electron chi connectivity index (χ4n) is 1.33. The highest BCUT2D eigenvalue weighted by Gasteiger charge is 2.06. The lowest BCUT2D eigenvalue weighted by molar-refractivity contribution is 0.0976. The summed E-state index contributed by atoms with van der Waals surface area (Å²) in [5.41, 5.74) is 0. The maximum Gasteiger partial charge on any atom is 0.129 e. The molecule has 2 nitrogen and oxygen atoms in total. The van der Waals surface area contributed by atoms with E-state index in [9.17, 15) is 13.9 Å². The second-order valence-corrected chi connectivity index (χ2v) is 3.71. The lowest BCUT2D eigenvalue weighted by Gasteiger charge is -2.11. The van der Waals surface area contributed by atoms with Gasteiger partial charge in [-0.3, -0.25) is 0 Å². The molecule has 4 heteroatoms. The summed E-state index contributed by atoms with van der Waals surface area (Å²) in [6.45, 7) is 2.08. The topological polar surface area (TPSA) is 29.5 Å². The molecule has 0 saturated heterocycles. The molecule has 0 aromatic heterocycles. The monoisotopic (exact) mass is 230 g/mol. The Kier molecular flexibility index (Phi) is 5.19. The van der Waals surface area contributed by atoms with Crippen molar-refractivity contribution in [2.45, 2.75) is 32.3 Å². The first-order valence-corrected chi connectivity index (χ1v) is 5.38. The van der Waals surface area contributed by atoms with Crippen LogP contribution in [-0.2, 0) is 0 Å². The van der Waals surface area contributed by atoms with Crippen molar-refractivity contribution in [3.8, 4) is 5.75 Å². The number of benzene rings is 1. The zero-order chi connectivity index (χ0) is 12.0. The summed E-state index contributed by atoms with van der Waals surface area (Å²) >= 11 is 0. The molecule has 1 aromatic carbocycles. The van der Waals surface area contributed by atoms with Crippen molar-refractivity contribution in [3.63, 3.8) is 0 Å². The summed E-state index contributed by atoms with van der Waals surface area (Å²) < 4.78 is 30.6. The van der Waals surface area contributed by atoms with E-state index in [1.807, 2.05) is 6.92 Å². The van der Waals surface area contributed by atoms with Crippen LogP contribution in [0.25, 0.3) is 0 Å². The SMILES string of the molecule is CCCC[C@H](O)COc1cc(F)cc(F)c1. The Bertz CT molecular complexity index is 309. The number of hydrogen-bond donors (Lipinski definition) is 1. The summed E-state index contributed by atoms with van der Waals surface area (Å²) in [6.07, 6.45) is 1.94. The summed E-state index contributed by atoms with van der Waals surface area (Å²) in [4.78, 5) is 0. The van der Waals surface area contributed by atoms with Crippen LogP contribution in [0.5, 0.6) is 5.75 Å². The summed E-state index contributed by atoms with van der Waals surface area (Å²) in [5, 5.41) is 9.47. The second kappa shape index (κ2) is 6.43. The molecule has 0 radical (unpaired) electrons. The van der Waals surface area contributed by atoms with Crippen LogP contribution in [0, 0.1) is 11.6 Å². The summed E-state index contributed by atoms with van der Waals surface area (Å²) in [7, 11) is 0. The van der Waals surface area contributed by atoms with E-state index in [0.717, 1.165) is 31.0 Å². The quantitative estimate of drug-likeness (QED) is 0.814. The molecule has 0 aliphatic carbocycles. The number of rotatable bonds is 6. The molecule has 1 atom stereocenters. The first kappa shape index (κ1) is 12.9. The van der Waals surface area contributed by atoms with E-state index in [1.54, 1.807) is 0 Å². The van der Waals surface area contributed by atoms with Crippen LogP contribution in [0.1, 0.15) is 26.2 Å². The second-order valence-electron chi connectivity index (χ2n) is 3.71. The van der Waals surface area contributed by atoms with E-state index in [4.69, 9.17) is 4.74 Å². The third-order valence-corrected chi connectivity index (χ3v) is 2.17. The zero-order valence-electron chi connectivity index (χ0n) is 9.25. The Morgan fingerprint density at radius 2 is 1.88 bits per heavy atom. The van der Waals surface area contributed by atoms with Crippen molar-refractivity contribution in [3.05, 3.63) is 29.8 Å². The van der Waals surface area contributed by atoms with Gasteiger partial charge in [-0.1, -0.05) is 19.8 Å². The van der Waals surface area contributed by atoms with Gasteiger partial charge < -0.3 is 9.84 Å². The highest BCUT2D eigenvalue weighted by Crippen LogP contribution is 2.15. The predicted octanol–water partition coefficient (Wildman–Crippen LogP) is 2.89. The van der Waals surface area contributed by atoms with Crippen LogP contribution in [0.4, 0.5) is 8.78 Å². The zero-order valence-corrected chi connectivity index (χ0v) is 9.25. The van der Waals surface area contributed by atoms with Crippen LogP contribution < -0.4 is 4.74 Å². The number of ether oxygens (including phenoxy) is 1. The van der Waals surface area contributed by atoms with E-state index in [0.29, 0.717) is 6.42 Å². The smallest absolute Gasteiger partial charge is 0.129 e. The lowest BCUT2D eigenvalue weighted by atomic mass is 10.2. The molecule has 0 aliphatic heterocycles. The van der Waals surface area contributed by atoms with E-state index in [-0.39, 0.29) is 12.4 Å². The van der Waals surface area contributed by atoms with Gasteiger partial charge >= 0.3 is 0 Å². The Morgan fingerprint density at radius 3 is 2.44 bits per heavy atom. The van der Waals surface area contributed by atoms with Crippen molar-refractivity contribution in [1.82, 2.24) is 0 Å². The molecule has 1 N–H and O–H groups in total. The molecule has 1 aromatic rings. The fourth-order valence-corrected chi connectivity index (χ4v) is 1.33. The molecular formula is C12H16F2O2. The van der Waals surface area contributed by atoms with Crippen molar-refractivity contribution >= 4 is 0 Å². The van der Waals surface area contributed by atoms with Gasteiger partial charge in [0.25, 0.3) is 0 Å². The number of hydrogen-bond acceptors (Lipinski definition) is 2. The minimum atomic E-state index is -0.682. The van der Waals surface area contributed by atoms with Crippen LogP contribution in [0.2, 0.25) is 0 Å². The minimum Gasteiger partial charge on any atom is -0.491 e. The Hall–Kier alpha value is -1.16. The van der Waals surface area contributed by atoms with Gasteiger partial charge in [0.05, 0.1) is 6.10 Å². The van der Waals surface area contributed by atoms with E-state index in [2.05, 4.69) is 0 Å². The largest absolute Gasteiger partial charge is 0.491 e. The molecule has 0 amide bonds. The van der Waals surface area contributed by atoms with Crippen molar-refractivity contribution in [2.24, 2.45) is 0 Å². The van der Waals surface area contributed by atoms with Crippen LogP contribution >= 0.6 is 0 Å². The summed E-state index contributed by atoms with van der Waals surface area (Å²) in [6, 6.07) is 2.96. The van der Waals surface area contributed by atoms with E-state index < -0.39 is 17.7 Å². The highest BCUT2D eigenvalue weighted by atomic mass is 19.1. The molecule has 0 saturated carbocycles. The molecule has 0 aliphatic rings. The molecule has 0 unspecified atom stereocenters. The first-order chi connectivity index (χ1) is 7.61. The molecule has 1 rings (SSSR count). The third-order valence-electron chi connectivity index (χ3n) is 2.17. The van der Waals surface area contributed by atoms with Gasteiger partial charge in [-0.05, 0) is 6.42 Å². The van der Waals surface area contributed by atoms with Gasteiger partial charge in [0, 0.05) is 18.2 Å². The van der Waals surface area contributed by atoms with Crippen LogP contribution in [0.15, 0.2) is 18.2 Å². The standard InChI is InChI=1S/C12H16F2O2/c1-2-3-4-11(15)8-16-12-6-9(13)5-10(14)7-12/h5-7,11,15H,2-4,8H2,1H3/t11-/m0/s1. The van der Waals surface area contributed by atoms with Crippen LogP contribution in [-0.4, -0.2) is 17.8 Å². The van der Waals surface area contributed by atoms with Gasteiger partial charge in [-0.2, -0.15) is 0 Å². The maximum atomic E-state index is 12.8. The number of unbranched alkanes of at least 4 members (excludes halogenated alkanes) is 1. The molecule has 16 heavy (non-hydrogen) atoms. The molecule has 0 spiro atoms. The number of aliphatic hydroxyl groups excluding tert-OH is 1. The van der Waals surface area contributed by atoms with Crippen molar-refractivity contribution in [1.29, 1.82) is 0 Å². The Morgan fingerprint density at radius 1 is 1.25 bits per heavy atom. The van der Waals surface area contributed by atoms with Crippen molar-refractivity contribution in [2.75, 3.05) is 6.61 Å². The first-order valence-electron chi connectivity index (χ1n) is 5.38. The van der Waals surface area contributed by atoms with Gasteiger partial charge in [0.1, 0.15) is 24.0 Å². The van der Waals surface area contributed by atoms with E-state index in [1.165, 1.54) is 0 Å². The predicted molar refractivity (Wildman–Crippen MR) is 57.4 cm³/mol. The maximum absolute atomic E-state index is 12.8. The van der Waals surface area contributed by atoms with Crippen LogP contribution in [0.3, 0.4) is 0 Å². The normalized spacial score (nSPS) is 12.5. The molecule has 90 valence electrons. The van der Waals surface area contributed by atoms with Gasteiger partial charge in [-0.25, -0.2) is 8.78 Å². The van der Waals surface area contributed by atoms with E-state index >= 15 is 0 Å². The Balaban J connectivity index is 2.41. The molecule has 0 fully saturated rings. The number of halogens is 2. The lowest BCUT2D eigenvalue weighted by Crippen LogP contribution is -2.17. The Labute approximate surface area is 93.9 Å². The highest BCUT2D eigenvalue weighted by molar-refractivity contribution is 5.23. The molecule has 0 bridgehead atoms. The number of aliphatic hydroxyl groups is 1. The van der Waals surface area contributed by atoms with Gasteiger partial charge in [0.2, 0.25) is 0 Å². The summed E-state index contributed by atoms with van der Waals surface area (Å²) in [5.74, 6) is -1.26. The average molecular weight is 230 g/mol.